The molecule has 0 unspecified atom stereocenters. The molecule has 0 saturated carbocycles. The van der Waals surface area contributed by atoms with Crippen LogP contribution in [0.5, 0.6) is 0 Å². The van der Waals surface area contributed by atoms with Crippen molar-refractivity contribution < 1.29 is 9.21 Å². The molecule has 1 aliphatic rings. The number of para-hydroxylation sites is 2. The van der Waals surface area contributed by atoms with Crippen LogP contribution < -0.4 is 5.32 Å². The number of hydrogen-bond donors (Lipinski definition) is 1. The first-order valence-corrected chi connectivity index (χ1v) is 10.9. The number of oxazole rings is 1. The molecule has 3 aromatic rings. The highest BCUT2D eigenvalue weighted by molar-refractivity contribution is 7.98. The molecule has 5 nitrogen and oxygen atoms in total. The number of anilines is 1. The summed E-state index contributed by atoms with van der Waals surface area (Å²) in [7, 11) is 0. The van der Waals surface area contributed by atoms with Crippen LogP contribution in [-0.2, 0) is 4.79 Å². The average molecular weight is 396 g/mol. The fourth-order valence-electron chi connectivity index (χ4n) is 3.71. The van der Waals surface area contributed by atoms with Crippen LogP contribution in [0.15, 0.2) is 57.8 Å². The van der Waals surface area contributed by atoms with Gasteiger partial charge in [-0.25, -0.2) is 4.98 Å². The van der Waals surface area contributed by atoms with Crippen molar-refractivity contribution >= 4 is 34.5 Å². The molecule has 1 aliphatic heterocycles. The van der Waals surface area contributed by atoms with Gasteiger partial charge in [-0.15, -0.1) is 11.8 Å². The lowest BCUT2D eigenvalue weighted by Gasteiger charge is -2.34. The minimum Gasteiger partial charge on any atom is -0.440 e. The Balaban J connectivity index is 1.35. The number of aromatic nitrogens is 1. The van der Waals surface area contributed by atoms with Gasteiger partial charge >= 0.3 is 0 Å². The fraction of sp³-hybridized carbons (Fsp3) is 0.364. The molecule has 2 heterocycles. The Morgan fingerprint density at radius 3 is 2.75 bits per heavy atom. The van der Waals surface area contributed by atoms with E-state index in [0.717, 1.165) is 53.5 Å². The summed E-state index contributed by atoms with van der Waals surface area (Å²) in [6.45, 7) is 3.71. The van der Waals surface area contributed by atoms with Crippen LogP contribution in [-0.4, -0.2) is 41.2 Å². The lowest BCUT2D eigenvalue weighted by Crippen LogP contribution is -2.45. The largest absolute Gasteiger partial charge is 0.440 e. The second kappa shape index (κ2) is 8.37. The lowest BCUT2D eigenvalue weighted by atomic mass is 9.95. The van der Waals surface area contributed by atoms with Crippen LogP contribution >= 0.6 is 11.8 Å². The predicted octanol–water partition coefficient (Wildman–Crippen LogP) is 4.76. The molecule has 0 spiro atoms. The van der Waals surface area contributed by atoms with Gasteiger partial charge in [-0.3, -0.25) is 9.69 Å². The first-order valence-electron chi connectivity index (χ1n) is 9.68. The molecule has 146 valence electrons. The van der Waals surface area contributed by atoms with Crippen molar-refractivity contribution in [1.82, 2.24) is 9.88 Å². The summed E-state index contributed by atoms with van der Waals surface area (Å²) in [6, 6.07) is 15.7. The number of carbonyl (C=O) groups is 1. The van der Waals surface area contributed by atoms with Gasteiger partial charge in [-0.1, -0.05) is 18.2 Å². The summed E-state index contributed by atoms with van der Waals surface area (Å²) >= 11 is 1.67. The number of carbonyl (C=O) groups excluding carboxylic acids is 1. The molecular weight excluding hydrogens is 370 g/mol. The molecular formula is C22H25N3O2S. The normalized spacial score (nSPS) is 16.9. The van der Waals surface area contributed by atoms with Crippen LogP contribution in [0.2, 0.25) is 0 Å². The molecule has 4 rings (SSSR count). The molecule has 1 saturated heterocycles. The molecule has 1 N–H and O–H groups in total. The second-order valence-corrected chi connectivity index (χ2v) is 8.11. The highest BCUT2D eigenvalue weighted by Crippen LogP contribution is 2.30. The number of nitrogens with zero attached hydrogens (tertiary/aromatic N) is 2. The Kier molecular flexibility index (Phi) is 5.69. The number of nitrogens with one attached hydrogen (secondary N) is 1. The van der Waals surface area contributed by atoms with Crippen molar-refractivity contribution in [2.75, 3.05) is 24.7 Å². The molecule has 0 aliphatic carbocycles. The summed E-state index contributed by atoms with van der Waals surface area (Å²) in [4.78, 5) is 20.7. The Morgan fingerprint density at radius 2 is 2.00 bits per heavy atom. The number of likely N-dealkylation sites (tertiary alicyclic amines) is 1. The predicted molar refractivity (Wildman–Crippen MR) is 114 cm³/mol. The third-order valence-electron chi connectivity index (χ3n) is 5.45. The van der Waals surface area contributed by atoms with Crippen molar-refractivity contribution in [2.45, 2.75) is 36.6 Å². The van der Waals surface area contributed by atoms with Gasteiger partial charge < -0.3 is 9.73 Å². The number of benzene rings is 2. The highest BCUT2D eigenvalue weighted by atomic mass is 32.2. The average Bonchev–Trinajstić information content (AvgIpc) is 3.17. The standard InChI is InChI=1S/C22H25N3O2S/c1-15(21(26)23-17-6-5-7-18(14-17)28-2)25-12-10-16(11-13-25)22-24-19-8-3-4-9-20(19)27-22/h3-9,14-16H,10-13H2,1-2H3,(H,23,26)/t15-/m0/s1. The molecule has 1 aromatic heterocycles. The maximum atomic E-state index is 12.7. The number of hydrogen-bond acceptors (Lipinski definition) is 5. The summed E-state index contributed by atoms with van der Waals surface area (Å²) in [5.74, 6) is 1.18. The van der Waals surface area contributed by atoms with E-state index in [4.69, 9.17) is 4.42 Å². The van der Waals surface area contributed by atoms with E-state index in [1.165, 1.54) is 0 Å². The van der Waals surface area contributed by atoms with Crippen LogP contribution in [0.4, 0.5) is 5.69 Å². The van der Waals surface area contributed by atoms with E-state index >= 15 is 0 Å². The third kappa shape index (κ3) is 4.08. The maximum Gasteiger partial charge on any atom is 0.241 e. The van der Waals surface area contributed by atoms with E-state index in [9.17, 15) is 4.79 Å². The quantitative estimate of drug-likeness (QED) is 0.632. The van der Waals surface area contributed by atoms with Gasteiger partial charge in [0.05, 0.1) is 6.04 Å². The van der Waals surface area contributed by atoms with Crippen LogP contribution in [0.1, 0.15) is 31.6 Å². The van der Waals surface area contributed by atoms with Gasteiger partial charge in [-0.05, 0) is 69.4 Å². The van der Waals surface area contributed by atoms with Gasteiger partial charge in [0, 0.05) is 16.5 Å². The number of thioether (sulfide) groups is 1. The van der Waals surface area contributed by atoms with E-state index in [0.29, 0.717) is 5.92 Å². The van der Waals surface area contributed by atoms with Crippen LogP contribution in [0.25, 0.3) is 11.1 Å². The van der Waals surface area contributed by atoms with E-state index in [1.54, 1.807) is 11.8 Å². The Bertz CT molecular complexity index is 930. The van der Waals surface area contributed by atoms with Crippen LogP contribution in [0, 0.1) is 0 Å². The van der Waals surface area contributed by atoms with Crippen molar-refractivity contribution in [2.24, 2.45) is 0 Å². The molecule has 28 heavy (non-hydrogen) atoms. The van der Waals surface area contributed by atoms with E-state index < -0.39 is 0 Å². The van der Waals surface area contributed by atoms with E-state index in [1.807, 2.05) is 61.7 Å². The lowest BCUT2D eigenvalue weighted by molar-refractivity contribution is -0.121. The van der Waals surface area contributed by atoms with Crippen molar-refractivity contribution in [3.8, 4) is 0 Å². The monoisotopic (exact) mass is 395 g/mol. The Hall–Kier alpha value is -2.31. The highest BCUT2D eigenvalue weighted by Gasteiger charge is 2.29. The number of fused-ring (bicyclic) bond motifs is 1. The molecule has 0 bridgehead atoms. The molecule has 1 fully saturated rings. The van der Waals surface area contributed by atoms with E-state index in [-0.39, 0.29) is 11.9 Å². The minimum absolute atomic E-state index is 0.0403. The topological polar surface area (TPSA) is 58.4 Å². The minimum atomic E-state index is -0.164. The summed E-state index contributed by atoms with van der Waals surface area (Å²) < 4.78 is 5.94. The molecule has 6 heteroatoms. The first kappa shape index (κ1) is 19.0. The van der Waals surface area contributed by atoms with Crippen molar-refractivity contribution in [1.29, 1.82) is 0 Å². The van der Waals surface area contributed by atoms with E-state index in [2.05, 4.69) is 15.2 Å². The number of rotatable bonds is 5. The van der Waals surface area contributed by atoms with Crippen molar-refractivity contribution in [3.63, 3.8) is 0 Å². The first-order chi connectivity index (χ1) is 13.6. The molecule has 1 amide bonds. The SMILES string of the molecule is CSc1cccc(NC(=O)[C@H](C)N2CCC(c3nc4ccccc4o3)CC2)c1. The summed E-state index contributed by atoms with van der Waals surface area (Å²) in [6.07, 6.45) is 3.93. The zero-order valence-electron chi connectivity index (χ0n) is 16.2. The second-order valence-electron chi connectivity index (χ2n) is 7.23. The number of piperidine rings is 1. The zero-order valence-corrected chi connectivity index (χ0v) is 17.0. The van der Waals surface area contributed by atoms with Gasteiger partial charge in [0.15, 0.2) is 11.5 Å². The van der Waals surface area contributed by atoms with Gasteiger partial charge in [-0.2, -0.15) is 0 Å². The molecule has 1 atom stereocenters. The van der Waals surface area contributed by atoms with Gasteiger partial charge in [0.25, 0.3) is 0 Å². The Morgan fingerprint density at radius 1 is 1.21 bits per heavy atom. The van der Waals surface area contributed by atoms with Crippen LogP contribution in [0.3, 0.4) is 0 Å². The summed E-state index contributed by atoms with van der Waals surface area (Å²) in [5, 5.41) is 3.05. The summed E-state index contributed by atoms with van der Waals surface area (Å²) in [5.41, 5.74) is 2.62. The smallest absolute Gasteiger partial charge is 0.241 e. The number of amides is 1. The Labute approximate surface area is 169 Å². The van der Waals surface area contributed by atoms with Crippen molar-refractivity contribution in [3.05, 3.63) is 54.4 Å². The zero-order chi connectivity index (χ0) is 19.5. The third-order valence-corrected chi connectivity index (χ3v) is 6.18. The molecule has 2 aromatic carbocycles. The van der Waals surface area contributed by atoms with Gasteiger partial charge in [0.2, 0.25) is 5.91 Å². The van der Waals surface area contributed by atoms with Gasteiger partial charge in [0.1, 0.15) is 5.52 Å². The maximum absolute atomic E-state index is 12.7. The molecule has 0 radical (unpaired) electrons. The fourth-order valence-corrected chi connectivity index (χ4v) is 4.17.